The fraction of sp³-hybridized carbons (Fsp3) is 0.625. The minimum atomic E-state index is -3.45. The molecule has 4 nitrogen and oxygen atoms in total. The number of sulfone groups is 1. The van der Waals surface area contributed by atoms with Crippen LogP contribution in [0, 0.1) is 0 Å². The maximum atomic E-state index is 11.9. The molecule has 0 aliphatic carbocycles. The van der Waals surface area contributed by atoms with Crippen molar-refractivity contribution >= 4 is 9.84 Å². The summed E-state index contributed by atoms with van der Waals surface area (Å²) < 4.78 is 23.8. The Kier molecular flexibility index (Phi) is 5.82. The first-order valence-corrected chi connectivity index (χ1v) is 9.23. The predicted octanol–water partition coefficient (Wildman–Crippen LogP) is 2.98. The summed E-state index contributed by atoms with van der Waals surface area (Å²) in [7, 11) is -3.45. The molecule has 0 radical (unpaired) electrons. The molecule has 0 amide bonds. The Morgan fingerprint density at radius 2 is 1.86 bits per heavy atom. The van der Waals surface area contributed by atoms with Gasteiger partial charge in [-0.1, -0.05) is 40.2 Å². The Labute approximate surface area is 128 Å². The van der Waals surface area contributed by atoms with Gasteiger partial charge in [0.05, 0.1) is 0 Å². The number of hydrogen-bond donors (Lipinski definition) is 2. The minimum absolute atomic E-state index is 0.0159. The molecule has 0 heterocycles. The number of phenolic OH excluding ortho intramolecular Hbond substituents is 1. The van der Waals surface area contributed by atoms with Crippen molar-refractivity contribution in [2.45, 2.75) is 57.4 Å². The van der Waals surface area contributed by atoms with Crippen molar-refractivity contribution in [2.75, 3.05) is 12.8 Å². The van der Waals surface area contributed by atoms with E-state index < -0.39 is 9.84 Å². The van der Waals surface area contributed by atoms with Gasteiger partial charge in [-0.05, 0) is 30.0 Å². The molecular formula is C16H27NO3S. The van der Waals surface area contributed by atoms with Gasteiger partial charge in [0.15, 0.2) is 9.84 Å². The second-order valence-electron chi connectivity index (χ2n) is 6.53. The maximum Gasteiger partial charge on any atom is 0.179 e. The topological polar surface area (TPSA) is 66.4 Å². The molecule has 0 aliphatic heterocycles. The van der Waals surface area contributed by atoms with Gasteiger partial charge in [-0.25, -0.2) is 8.42 Å². The molecular weight excluding hydrogens is 286 g/mol. The molecule has 5 heteroatoms. The molecule has 0 bridgehead atoms. The molecule has 0 aromatic heterocycles. The largest absolute Gasteiger partial charge is 0.506 e. The molecule has 2 N–H and O–H groups in total. The number of aromatic hydroxyl groups is 1. The lowest BCUT2D eigenvalue weighted by molar-refractivity contribution is 0.446. The molecule has 21 heavy (non-hydrogen) atoms. The monoisotopic (exact) mass is 313 g/mol. The van der Waals surface area contributed by atoms with Crippen molar-refractivity contribution < 1.29 is 13.5 Å². The number of phenols is 1. The molecule has 0 unspecified atom stereocenters. The number of unbranched alkanes of at least 4 members (excludes halogenated alkanes) is 1. The SMILES string of the molecule is CCCCNCc1cc(C(C)(C)C)cc(S(C)(=O)=O)c1O. The van der Waals surface area contributed by atoms with Gasteiger partial charge in [0, 0.05) is 18.4 Å². The van der Waals surface area contributed by atoms with E-state index in [1.165, 1.54) is 0 Å². The summed E-state index contributed by atoms with van der Waals surface area (Å²) in [6, 6.07) is 3.48. The summed E-state index contributed by atoms with van der Waals surface area (Å²) in [5, 5.41) is 13.5. The molecule has 0 spiro atoms. The first kappa shape index (κ1) is 18.0. The van der Waals surface area contributed by atoms with E-state index in [9.17, 15) is 13.5 Å². The molecule has 0 saturated heterocycles. The first-order valence-electron chi connectivity index (χ1n) is 7.34. The Morgan fingerprint density at radius 1 is 1.24 bits per heavy atom. The average molecular weight is 313 g/mol. The van der Waals surface area contributed by atoms with E-state index in [2.05, 4.69) is 12.2 Å². The van der Waals surface area contributed by atoms with Crippen LogP contribution in [0.25, 0.3) is 0 Å². The molecule has 120 valence electrons. The summed E-state index contributed by atoms with van der Waals surface area (Å²) in [5.41, 5.74) is 1.37. The van der Waals surface area contributed by atoms with Gasteiger partial charge in [-0.15, -0.1) is 0 Å². The predicted molar refractivity (Wildman–Crippen MR) is 86.5 cm³/mol. The lowest BCUT2D eigenvalue weighted by Crippen LogP contribution is -2.18. The number of nitrogens with one attached hydrogen (secondary N) is 1. The van der Waals surface area contributed by atoms with Gasteiger partial charge in [-0.2, -0.15) is 0 Å². The van der Waals surface area contributed by atoms with Crippen LogP contribution < -0.4 is 5.32 Å². The second kappa shape index (κ2) is 6.79. The summed E-state index contributed by atoms with van der Waals surface area (Å²) >= 11 is 0. The molecule has 0 aliphatic rings. The van der Waals surface area contributed by atoms with Crippen LogP contribution in [0.5, 0.6) is 5.75 Å². The summed E-state index contributed by atoms with van der Waals surface area (Å²) in [6.07, 6.45) is 3.27. The molecule has 1 aromatic carbocycles. The van der Waals surface area contributed by atoms with Crippen molar-refractivity contribution in [3.05, 3.63) is 23.3 Å². The van der Waals surface area contributed by atoms with E-state index in [1.807, 2.05) is 26.8 Å². The van der Waals surface area contributed by atoms with Crippen LogP contribution in [0.2, 0.25) is 0 Å². The Hall–Kier alpha value is -1.07. The maximum absolute atomic E-state index is 11.9. The number of benzene rings is 1. The summed E-state index contributed by atoms with van der Waals surface area (Å²) in [4.78, 5) is 0.0159. The third kappa shape index (κ3) is 5.00. The highest BCUT2D eigenvalue weighted by atomic mass is 32.2. The van der Waals surface area contributed by atoms with E-state index in [4.69, 9.17) is 0 Å². The first-order chi connectivity index (χ1) is 9.57. The van der Waals surface area contributed by atoms with Crippen molar-refractivity contribution in [2.24, 2.45) is 0 Å². The van der Waals surface area contributed by atoms with E-state index in [0.29, 0.717) is 12.1 Å². The van der Waals surface area contributed by atoms with E-state index in [0.717, 1.165) is 31.2 Å². The van der Waals surface area contributed by atoms with Crippen molar-refractivity contribution in [1.82, 2.24) is 5.32 Å². The van der Waals surface area contributed by atoms with E-state index >= 15 is 0 Å². The lowest BCUT2D eigenvalue weighted by Gasteiger charge is -2.22. The number of rotatable bonds is 6. The molecule has 0 fully saturated rings. The van der Waals surface area contributed by atoms with Crippen LogP contribution in [0.15, 0.2) is 17.0 Å². The van der Waals surface area contributed by atoms with Crippen LogP contribution in [0.1, 0.15) is 51.7 Å². The van der Waals surface area contributed by atoms with Crippen molar-refractivity contribution in [1.29, 1.82) is 0 Å². The van der Waals surface area contributed by atoms with Gasteiger partial charge in [0.2, 0.25) is 0 Å². The van der Waals surface area contributed by atoms with E-state index in [1.54, 1.807) is 6.07 Å². The molecule has 1 rings (SSSR count). The number of hydrogen-bond acceptors (Lipinski definition) is 4. The second-order valence-corrected chi connectivity index (χ2v) is 8.52. The normalized spacial score (nSPS) is 12.6. The molecule has 0 saturated carbocycles. The van der Waals surface area contributed by atoms with Gasteiger partial charge >= 0.3 is 0 Å². The van der Waals surface area contributed by atoms with Gasteiger partial charge < -0.3 is 10.4 Å². The fourth-order valence-electron chi connectivity index (χ4n) is 2.04. The van der Waals surface area contributed by atoms with Crippen LogP contribution >= 0.6 is 0 Å². The molecule has 1 aromatic rings. The third-order valence-electron chi connectivity index (χ3n) is 3.44. The Morgan fingerprint density at radius 3 is 2.33 bits per heavy atom. The smallest absolute Gasteiger partial charge is 0.179 e. The Bertz CT molecular complexity index is 586. The quantitative estimate of drug-likeness (QED) is 0.792. The van der Waals surface area contributed by atoms with Crippen LogP contribution in [-0.4, -0.2) is 26.3 Å². The third-order valence-corrected chi connectivity index (χ3v) is 4.55. The van der Waals surface area contributed by atoms with Crippen LogP contribution in [0.4, 0.5) is 0 Å². The van der Waals surface area contributed by atoms with Crippen LogP contribution in [0.3, 0.4) is 0 Å². The average Bonchev–Trinajstić information content (AvgIpc) is 2.33. The standard InChI is InChI=1S/C16H27NO3S/c1-6-7-8-17-11-12-9-13(16(2,3)4)10-14(15(12)18)21(5,19)20/h9-10,17-18H,6-8,11H2,1-5H3. The highest BCUT2D eigenvalue weighted by Crippen LogP contribution is 2.33. The minimum Gasteiger partial charge on any atom is -0.506 e. The highest BCUT2D eigenvalue weighted by Gasteiger charge is 2.22. The van der Waals surface area contributed by atoms with E-state index in [-0.39, 0.29) is 16.1 Å². The zero-order chi connectivity index (χ0) is 16.3. The summed E-state index contributed by atoms with van der Waals surface area (Å²) in [5.74, 6) is -0.130. The lowest BCUT2D eigenvalue weighted by atomic mass is 9.86. The summed E-state index contributed by atoms with van der Waals surface area (Å²) in [6.45, 7) is 9.52. The van der Waals surface area contributed by atoms with Crippen molar-refractivity contribution in [3.8, 4) is 5.75 Å². The van der Waals surface area contributed by atoms with Crippen LogP contribution in [-0.2, 0) is 21.8 Å². The fourth-order valence-corrected chi connectivity index (χ4v) is 2.86. The highest BCUT2D eigenvalue weighted by molar-refractivity contribution is 7.90. The molecule has 0 atom stereocenters. The zero-order valence-electron chi connectivity index (χ0n) is 13.7. The zero-order valence-corrected chi connectivity index (χ0v) is 14.5. The van der Waals surface area contributed by atoms with Gasteiger partial charge in [0.25, 0.3) is 0 Å². The van der Waals surface area contributed by atoms with Crippen molar-refractivity contribution in [3.63, 3.8) is 0 Å². The van der Waals surface area contributed by atoms with Gasteiger partial charge in [0.1, 0.15) is 10.6 Å². The van der Waals surface area contributed by atoms with Gasteiger partial charge in [-0.3, -0.25) is 0 Å². The Balaban J connectivity index is 3.23.